The first kappa shape index (κ1) is 26.5. The molecule has 186 valence electrons. The van der Waals surface area contributed by atoms with Gasteiger partial charge in [0.05, 0.1) is 22.0 Å². The number of nitrogens with zero attached hydrogens (tertiary/aromatic N) is 3. The first-order valence-corrected chi connectivity index (χ1v) is 13.8. The molecule has 4 N–H and O–H groups in total. The van der Waals surface area contributed by atoms with Gasteiger partial charge in [-0.3, -0.25) is 0 Å². The highest BCUT2D eigenvalue weighted by Gasteiger charge is 2.22. The van der Waals surface area contributed by atoms with Crippen molar-refractivity contribution in [3.8, 4) is 0 Å². The zero-order valence-corrected chi connectivity index (χ0v) is 21.9. The average molecular weight is 554 g/mol. The average Bonchev–Trinajstić information content (AvgIpc) is 2.84. The van der Waals surface area contributed by atoms with Crippen LogP contribution in [0.25, 0.3) is 0 Å². The van der Waals surface area contributed by atoms with Gasteiger partial charge in [0, 0.05) is 31.7 Å². The largest absolute Gasteiger partial charge is 0.394 e. The number of sulfonamides is 1. The van der Waals surface area contributed by atoms with Crippen molar-refractivity contribution in [2.24, 2.45) is 16.8 Å². The summed E-state index contributed by atoms with van der Waals surface area (Å²) in [6.07, 6.45) is 8.42. The van der Waals surface area contributed by atoms with E-state index in [0.29, 0.717) is 40.3 Å². The highest BCUT2D eigenvalue weighted by atomic mass is 79.9. The zero-order chi connectivity index (χ0) is 24.6. The number of rotatable bonds is 11. The molecule has 3 rings (SSSR count). The summed E-state index contributed by atoms with van der Waals surface area (Å²) in [6, 6.07) is 6.45. The van der Waals surface area contributed by atoms with Crippen molar-refractivity contribution in [2.45, 2.75) is 50.0 Å². The summed E-state index contributed by atoms with van der Waals surface area (Å²) in [5.41, 5.74) is 0.560. The summed E-state index contributed by atoms with van der Waals surface area (Å²) >= 11 is 3.41. The Labute approximate surface area is 210 Å². The molecule has 1 aromatic heterocycles. The molecule has 0 saturated heterocycles. The highest BCUT2D eigenvalue weighted by molar-refractivity contribution is 9.10. The molecule has 2 aromatic rings. The molecule has 1 aromatic carbocycles. The Morgan fingerprint density at radius 3 is 2.74 bits per heavy atom. The van der Waals surface area contributed by atoms with Crippen molar-refractivity contribution in [3.05, 3.63) is 34.9 Å². The van der Waals surface area contributed by atoms with Crippen LogP contribution < -0.4 is 15.4 Å². The maximum absolute atomic E-state index is 12.9. The van der Waals surface area contributed by atoms with Gasteiger partial charge in [0.25, 0.3) is 0 Å². The molecule has 1 saturated carbocycles. The highest BCUT2D eigenvalue weighted by Crippen LogP contribution is 2.28. The number of aliphatic imine (C=N–C) groups is 1. The first-order valence-electron chi connectivity index (χ1n) is 11.5. The molecule has 0 bridgehead atoms. The fraction of sp³-hybridized carbons (Fsp3) is 0.522. The quantitative estimate of drug-likeness (QED) is 0.310. The lowest BCUT2D eigenvalue weighted by Crippen LogP contribution is -2.31. The zero-order valence-electron chi connectivity index (χ0n) is 19.5. The maximum Gasteiger partial charge on any atom is 0.240 e. The summed E-state index contributed by atoms with van der Waals surface area (Å²) in [5, 5.41) is 15.7. The predicted molar refractivity (Wildman–Crippen MR) is 139 cm³/mol. The molecular weight excluding hydrogens is 520 g/mol. The fourth-order valence-corrected chi connectivity index (χ4v) is 5.40. The third kappa shape index (κ3) is 7.46. The van der Waals surface area contributed by atoms with Crippen LogP contribution in [-0.4, -0.2) is 55.9 Å². The molecule has 34 heavy (non-hydrogen) atoms. The number of hydrogen-bond acceptors (Lipinski definition) is 8. The van der Waals surface area contributed by atoms with Gasteiger partial charge in [-0.2, -0.15) is 4.98 Å². The topological polar surface area (TPSA) is 129 Å². The molecule has 9 nitrogen and oxygen atoms in total. The van der Waals surface area contributed by atoms with Crippen molar-refractivity contribution in [2.75, 3.05) is 30.8 Å². The van der Waals surface area contributed by atoms with Crippen LogP contribution in [0.2, 0.25) is 0 Å². The Hall–Kier alpha value is -2.08. The van der Waals surface area contributed by atoms with Crippen molar-refractivity contribution in [1.82, 2.24) is 14.7 Å². The molecule has 11 heteroatoms. The van der Waals surface area contributed by atoms with Crippen LogP contribution in [0.5, 0.6) is 0 Å². The van der Waals surface area contributed by atoms with E-state index in [4.69, 9.17) is 0 Å². The third-order valence-corrected chi connectivity index (χ3v) is 8.01. The molecule has 1 aliphatic carbocycles. The minimum Gasteiger partial charge on any atom is -0.394 e. The monoisotopic (exact) mass is 552 g/mol. The molecule has 1 heterocycles. The lowest BCUT2D eigenvalue weighted by molar-refractivity contribution is 0.271. The van der Waals surface area contributed by atoms with Crippen LogP contribution in [0.3, 0.4) is 0 Å². The van der Waals surface area contributed by atoms with Crippen molar-refractivity contribution >= 4 is 49.6 Å². The number of nitrogens with one attached hydrogen (secondary N) is 3. The third-order valence-electron chi connectivity index (χ3n) is 6.01. The Balaban J connectivity index is 1.64. The van der Waals surface area contributed by atoms with Crippen LogP contribution >= 0.6 is 15.9 Å². The number of halogens is 1. The van der Waals surface area contributed by atoms with Crippen LogP contribution in [-0.2, 0) is 10.0 Å². The van der Waals surface area contributed by atoms with E-state index < -0.39 is 10.0 Å². The molecule has 0 spiro atoms. The first-order chi connectivity index (χ1) is 16.3. The Morgan fingerprint density at radius 2 is 2.06 bits per heavy atom. The van der Waals surface area contributed by atoms with Crippen LogP contribution in [0, 0.1) is 11.8 Å². The molecule has 1 fully saturated rings. The van der Waals surface area contributed by atoms with Crippen molar-refractivity contribution in [1.29, 1.82) is 0 Å². The molecule has 0 unspecified atom stereocenters. The van der Waals surface area contributed by atoms with E-state index in [1.807, 2.05) is 13.1 Å². The Kier molecular flexibility index (Phi) is 9.81. The van der Waals surface area contributed by atoms with E-state index in [-0.39, 0.29) is 17.5 Å². The number of hydrogen-bond donors (Lipinski definition) is 4. The maximum atomic E-state index is 12.9. The van der Waals surface area contributed by atoms with Crippen LogP contribution in [0.15, 0.2) is 44.8 Å². The second-order valence-corrected chi connectivity index (χ2v) is 11.1. The van der Waals surface area contributed by atoms with Crippen LogP contribution in [0.4, 0.5) is 17.5 Å². The predicted octanol–water partition coefficient (Wildman–Crippen LogP) is 3.95. The van der Waals surface area contributed by atoms with Gasteiger partial charge in [0.1, 0.15) is 5.82 Å². The number of anilines is 3. The normalized spacial score (nSPS) is 19.8. The van der Waals surface area contributed by atoms with Gasteiger partial charge in [-0.1, -0.05) is 13.0 Å². The molecule has 1 atom stereocenters. The summed E-state index contributed by atoms with van der Waals surface area (Å²) in [4.78, 5) is 13.0. The Morgan fingerprint density at radius 1 is 1.29 bits per heavy atom. The standard InChI is InChI=1S/C23H33BrN6O3S/c1-3-18(15-31)28-22-21(24)14-26-23(30-22)29-19-5-4-6-20(11-19)34(32,33)27-13-17-9-7-16(8-10-17)12-25-2/h4-6,11-12,14,16-18,27,31H,3,7-10,13,15H2,1-2H3,(H2,26,28,29,30)/t16?,17?,18-/m1/s1. The number of benzene rings is 1. The molecule has 1 aliphatic rings. The van der Waals surface area contributed by atoms with Crippen molar-refractivity contribution < 1.29 is 13.5 Å². The van der Waals surface area contributed by atoms with E-state index in [1.165, 1.54) is 0 Å². The van der Waals surface area contributed by atoms with E-state index >= 15 is 0 Å². The second kappa shape index (κ2) is 12.6. The van der Waals surface area contributed by atoms with E-state index in [0.717, 1.165) is 32.1 Å². The number of aromatic nitrogens is 2. The van der Waals surface area contributed by atoms with Crippen LogP contribution in [0.1, 0.15) is 39.0 Å². The summed E-state index contributed by atoms with van der Waals surface area (Å²) < 4.78 is 29.2. The summed E-state index contributed by atoms with van der Waals surface area (Å²) in [7, 11) is -1.85. The second-order valence-electron chi connectivity index (χ2n) is 8.52. The van der Waals surface area contributed by atoms with Crippen molar-refractivity contribution in [3.63, 3.8) is 0 Å². The molecule has 0 amide bonds. The van der Waals surface area contributed by atoms with Gasteiger partial charge in [-0.25, -0.2) is 18.1 Å². The lowest BCUT2D eigenvalue weighted by Gasteiger charge is -2.26. The van der Waals surface area contributed by atoms with Gasteiger partial charge < -0.3 is 20.7 Å². The minimum atomic E-state index is -3.64. The molecule has 0 radical (unpaired) electrons. The number of aliphatic hydroxyl groups is 1. The van der Waals surface area contributed by atoms with Gasteiger partial charge in [0.15, 0.2) is 0 Å². The van der Waals surface area contributed by atoms with Gasteiger partial charge >= 0.3 is 0 Å². The lowest BCUT2D eigenvalue weighted by atomic mass is 9.83. The SMILES string of the molecule is CC[C@H](CO)Nc1nc(Nc2cccc(S(=O)(=O)NCC3CCC(C=NC)CC3)c2)ncc1Br. The smallest absolute Gasteiger partial charge is 0.240 e. The van der Waals surface area contributed by atoms with Gasteiger partial charge in [-0.05, 0) is 78.1 Å². The van der Waals surface area contributed by atoms with Gasteiger partial charge in [0.2, 0.25) is 16.0 Å². The van der Waals surface area contributed by atoms with Gasteiger partial charge in [-0.15, -0.1) is 0 Å². The summed E-state index contributed by atoms with van der Waals surface area (Å²) in [6.45, 7) is 2.38. The minimum absolute atomic E-state index is 0.0168. The Bertz CT molecular complexity index is 1070. The van der Waals surface area contributed by atoms with E-state index in [2.05, 4.69) is 46.2 Å². The molecule has 0 aliphatic heterocycles. The molecular formula is C23H33BrN6O3S. The van der Waals surface area contributed by atoms with E-state index in [1.54, 1.807) is 37.5 Å². The number of aliphatic hydroxyl groups excluding tert-OH is 1. The van der Waals surface area contributed by atoms with E-state index in [9.17, 15) is 13.5 Å². The fourth-order valence-electron chi connectivity index (χ4n) is 3.93. The summed E-state index contributed by atoms with van der Waals surface area (Å²) in [5.74, 6) is 1.70.